The van der Waals surface area contributed by atoms with Crippen LogP contribution in [0.15, 0.2) is 21.6 Å². The summed E-state index contributed by atoms with van der Waals surface area (Å²) in [5, 5.41) is 8.25. The molecule has 0 unspecified atom stereocenters. The van der Waals surface area contributed by atoms with Crippen LogP contribution in [0.3, 0.4) is 0 Å². The zero-order valence-electron chi connectivity index (χ0n) is 5.69. The highest BCUT2D eigenvalue weighted by Crippen LogP contribution is 1.88. The van der Waals surface area contributed by atoms with Crippen LogP contribution in [0.2, 0.25) is 0 Å². The third-order valence-corrected chi connectivity index (χ3v) is 1.13. The fourth-order valence-corrected chi connectivity index (χ4v) is 0.646. The van der Waals surface area contributed by atoms with Crippen molar-refractivity contribution in [1.82, 2.24) is 4.74 Å². The van der Waals surface area contributed by atoms with Crippen molar-refractivity contribution >= 4 is 5.97 Å². The third kappa shape index (κ3) is 2.29. The lowest BCUT2D eigenvalue weighted by Crippen LogP contribution is -2.03. The van der Waals surface area contributed by atoms with Gasteiger partial charge in [0.2, 0.25) is 0 Å². The summed E-state index contributed by atoms with van der Waals surface area (Å²) in [6, 6.07) is 1.24. The quantitative estimate of drug-likeness (QED) is 0.665. The van der Waals surface area contributed by atoms with Crippen molar-refractivity contribution in [2.24, 2.45) is 0 Å². The second-order valence-electron chi connectivity index (χ2n) is 2.01. The Hall–Kier alpha value is -1.52. The van der Waals surface area contributed by atoms with Crippen molar-refractivity contribution in [1.29, 1.82) is 0 Å². The highest BCUT2D eigenvalue weighted by Gasteiger charge is 1.98. The first kappa shape index (κ1) is 7.59. The standard InChI is InChI=1S/C6H7NO4/c8-5(9)1-3-7-4-2-6(10)11-7/h2,4H,1,3H2,(H,8,9). The molecule has 11 heavy (non-hydrogen) atoms. The Bertz CT molecular complexity index is 298. The monoisotopic (exact) mass is 157 g/mol. The predicted molar refractivity (Wildman–Crippen MR) is 35.2 cm³/mol. The van der Waals surface area contributed by atoms with Crippen molar-refractivity contribution in [2.45, 2.75) is 13.0 Å². The van der Waals surface area contributed by atoms with Gasteiger partial charge in [0.15, 0.2) is 0 Å². The van der Waals surface area contributed by atoms with Gasteiger partial charge in [0, 0.05) is 12.3 Å². The summed E-state index contributed by atoms with van der Waals surface area (Å²) in [6.07, 6.45) is 1.36. The molecule has 60 valence electrons. The molecule has 0 saturated heterocycles. The average Bonchev–Trinajstić information content (AvgIpc) is 2.31. The number of carboxylic acid groups (broad SMARTS) is 1. The van der Waals surface area contributed by atoms with E-state index in [9.17, 15) is 9.59 Å². The maximum absolute atomic E-state index is 10.4. The van der Waals surface area contributed by atoms with E-state index in [1.165, 1.54) is 17.0 Å². The van der Waals surface area contributed by atoms with Crippen molar-refractivity contribution in [3.8, 4) is 0 Å². The van der Waals surface area contributed by atoms with Gasteiger partial charge in [0.1, 0.15) is 0 Å². The molecule has 1 heterocycles. The van der Waals surface area contributed by atoms with Crippen LogP contribution >= 0.6 is 0 Å². The highest BCUT2D eigenvalue weighted by atomic mass is 16.5. The SMILES string of the molecule is O=C(O)CCn1ccc(=O)o1. The number of nitrogens with zero attached hydrogens (tertiary/aromatic N) is 1. The molecule has 0 fully saturated rings. The van der Waals surface area contributed by atoms with Crippen LogP contribution in [0.4, 0.5) is 0 Å². The number of aliphatic carboxylic acids is 1. The second kappa shape index (κ2) is 3.05. The number of aryl methyl sites for hydroxylation is 1. The van der Waals surface area contributed by atoms with Gasteiger partial charge in [-0.25, -0.2) is 9.53 Å². The summed E-state index contributed by atoms with van der Waals surface area (Å²) >= 11 is 0. The van der Waals surface area contributed by atoms with Crippen LogP contribution in [0.5, 0.6) is 0 Å². The number of rotatable bonds is 3. The molecule has 5 nitrogen and oxygen atoms in total. The molecule has 1 rings (SSSR count). The first-order valence-corrected chi connectivity index (χ1v) is 3.07. The van der Waals surface area contributed by atoms with Crippen LogP contribution in [-0.2, 0) is 11.3 Å². The van der Waals surface area contributed by atoms with E-state index in [2.05, 4.69) is 4.52 Å². The van der Waals surface area contributed by atoms with Crippen molar-refractivity contribution in [3.63, 3.8) is 0 Å². The van der Waals surface area contributed by atoms with E-state index >= 15 is 0 Å². The molecule has 1 aromatic rings. The normalized spacial score (nSPS) is 9.82. The van der Waals surface area contributed by atoms with Gasteiger partial charge in [0.25, 0.3) is 0 Å². The van der Waals surface area contributed by atoms with Gasteiger partial charge in [0.05, 0.1) is 13.0 Å². The summed E-state index contributed by atoms with van der Waals surface area (Å²) in [5.41, 5.74) is -0.463. The third-order valence-electron chi connectivity index (χ3n) is 1.13. The van der Waals surface area contributed by atoms with E-state index < -0.39 is 11.6 Å². The Morgan fingerprint density at radius 3 is 2.91 bits per heavy atom. The highest BCUT2D eigenvalue weighted by molar-refractivity contribution is 5.66. The minimum absolute atomic E-state index is 0.0440. The largest absolute Gasteiger partial charge is 0.481 e. The smallest absolute Gasteiger partial charge is 0.357 e. The average molecular weight is 157 g/mol. The molecule has 0 aliphatic rings. The summed E-state index contributed by atoms with van der Waals surface area (Å²) in [5.74, 6) is -0.915. The van der Waals surface area contributed by atoms with Crippen molar-refractivity contribution in [3.05, 3.63) is 22.7 Å². The van der Waals surface area contributed by atoms with Gasteiger partial charge in [-0.15, -0.1) is 0 Å². The van der Waals surface area contributed by atoms with Gasteiger partial charge in [-0.05, 0) is 0 Å². The van der Waals surface area contributed by atoms with Crippen LogP contribution in [0.25, 0.3) is 0 Å². The van der Waals surface area contributed by atoms with E-state index in [0.29, 0.717) is 0 Å². The summed E-state index contributed by atoms with van der Waals surface area (Å²) in [6.45, 7) is 0.192. The lowest BCUT2D eigenvalue weighted by atomic mass is 10.4. The molecule has 5 heteroatoms. The van der Waals surface area contributed by atoms with E-state index in [4.69, 9.17) is 5.11 Å². The zero-order valence-corrected chi connectivity index (χ0v) is 5.69. The fraction of sp³-hybridized carbons (Fsp3) is 0.333. The number of aromatic nitrogens is 1. The molecule has 0 amide bonds. The van der Waals surface area contributed by atoms with E-state index in [1.54, 1.807) is 0 Å². The fourth-order valence-electron chi connectivity index (χ4n) is 0.646. The first-order valence-electron chi connectivity index (χ1n) is 3.07. The molecule has 0 radical (unpaired) electrons. The van der Waals surface area contributed by atoms with Crippen molar-refractivity contribution in [2.75, 3.05) is 0 Å². The maximum Gasteiger partial charge on any atom is 0.357 e. The van der Waals surface area contributed by atoms with Crippen molar-refractivity contribution < 1.29 is 14.4 Å². The molecular weight excluding hydrogens is 150 g/mol. The molecule has 0 spiro atoms. The van der Waals surface area contributed by atoms with Gasteiger partial charge in [-0.2, -0.15) is 0 Å². The van der Waals surface area contributed by atoms with E-state index in [-0.39, 0.29) is 13.0 Å². The number of carbonyl (C=O) groups is 1. The Morgan fingerprint density at radius 2 is 2.45 bits per heavy atom. The summed E-state index contributed by atoms with van der Waals surface area (Å²) < 4.78 is 5.72. The topological polar surface area (TPSA) is 72.4 Å². The lowest BCUT2D eigenvalue weighted by Gasteiger charge is -1.94. The lowest BCUT2D eigenvalue weighted by molar-refractivity contribution is -0.137. The number of hydrogen-bond donors (Lipinski definition) is 1. The molecular formula is C6H7NO4. The molecule has 0 saturated carbocycles. The van der Waals surface area contributed by atoms with Crippen LogP contribution in [-0.4, -0.2) is 15.8 Å². The zero-order chi connectivity index (χ0) is 8.27. The molecule has 0 atom stereocenters. The Labute approximate surface area is 61.8 Å². The van der Waals surface area contributed by atoms with Crippen LogP contribution < -0.4 is 5.63 Å². The Kier molecular flexibility index (Phi) is 2.10. The van der Waals surface area contributed by atoms with Crippen LogP contribution in [0.1, 0.15) is 6.42 Å². The summed E-state index contributed by atoms with van der Waals surface area (Å²) in [4.78, 5) is 20.4. The van der Waals surface area contributed by atoms with E-state index in [1.807, 2.05) is 0 Å². The minimum Gasteiger partial charge on any atom is -0.481 e. The summed E-state index contributed by atoms with van der Waals surface area (Å²) in [7, 11) is 0. The maximum atomic E-state index is 10.4. The van der Waals surface area contributed by atoms with Gasteiger partial charge < -0.3 is 9.63 Å². The Morgan fingerprint density at radius 1 is 1.73 bits per heavy atom. The molecule has 0 aliphatic carbocycles. The van der Waals surface area contributed by atoms with Gasteiger partial charge in [-0.3, -0.25) is 4.79 Å². The number of hydrogen-bond acceptors (Lipinski definition) is 3. The molecule has 0 aliphatic heterocycles. The molecule has 0 aromatic carbocycles. The predicted octanol–water partition coefficient (Wildman–Crippen LogP) is -0.0840. The molecule has 1 N–H and O–H groups in total. The molecule has 0 bridgehead atoms. The minimum atomic E-state index is -0.915. The van der Waals surface area contributed by atoms with Crippen LogP contribution in [0, 0.1) is 0 Å². The second-order valence-corrected chi connectivity index (χ2v) is 2.01. The first-order chi connectivity index (χ1) is 5.18. The van der Waals surface area contributed by atoms with Gasteiger partial charge in [-0.1, -0.05) is 0 Å². The van der Waals surface area contributed by atoms with E-state index in [0.717, 1.165) is 0 Å². The molecule has 1 aromatic heterocycles. The van der Waals surface area contributed by atoms with Gasteiger partial charge >= 0.3 is 11.6 Å². The number of carboxylic acids is 1. The Balaban J connectivity index is 2.51.